The second kappa shape index (κ2) is 4.18. The molecule has 1 aromatic carbocycles. The fraction of sp³-hybridized carbons (Fsp3) is 0.333. The minimum atomic E-state index is -0.238. The topological polar surface area (TPSA) is 32.3 Å². The Morgan fingerprint density at radius 2 is 2.33 bits per heavy atom. The van der Waals surface area contributed by atoms with E-state index >= 15 is 0 Å². The van der Waals surface area contributed by atoms with Gasteiger partial charge in [-0.25, -0.2) is 9.87 Å². The van der Waals surface area contributed by atoms with Crippen LogP contribution in [0.5, 0.6) is 0 Å². The Morgan fingerprint density at radius 3 is 2.92 bits per heavy atom. The molecule has 0 aromatic heterocycles. The van der Waals surface area contributed by atoms with E-state index in [1.165, 1.54) is 12.1 Å². The SMILES string of the molecule is CC(Cc1cccc(F)c1)NO. The Hall–Kier alpha value is -0.930. The van der Waals surface area contributed by atoms with Crippen LogP contribution in [-0.4, -0.2) is 11.2 Å². The molecular weight excluding hydrogens is 157 g/mol. The van der Waals surface area contributed by atoms with Crippen molar-refractivity contribution in [1.29, 1.82) is 0 Å². The van der Waals surface area contributed by atoms with Gasteiger partial charge in [0.15, 0.2) is 0 Å². The molecule has 3 heteroatoms. The molecular formula is C9H12FNO. The summed E-state index contributed by atoms with van der Waals surface area (Å²) in [6.07, 6.45) is 0.619. The molecule has 0 aliphatic rings. The first-order chi connectivity index (χ1) is 5.72. The van der Waals surface area contributed by atoms with E-state index < -0.39 is 0 Å². The molecule has 1 rings (SSSR count). The van der Waals surface area contributed by atoms with Gasteiger partial charge in [0.2, 0.25) is 0 Å². The van der Waals surface area contributed by atoms with Crippen LogP contribution in [0, 0.1) is 5.82 Å². The molecule has 0 aliphatic carbocycles. The van der Waals surface area contributed by atoms with Crippen LogP contribution in [0.3, 0.4) is 0 Å². The highest BCUT2D eigenvalue weighted by atomic mass is 19.1. The Balaban J connectivity index is 2.63. The molecule has 1 unspecified atom stereocenters. The third-order valence-corrected chi connectivity index (χ3v) is 1.65. The maximum absolute atomic E-state index is 12.6. The number of hydrogen-bond acceptors (Lipinski definition) is 2. The normalized spacial score (nSPS) is 12.9. The summed E-state index contributed by atoms with van der Waals surface area (Å²) in [6.45, 7) is 1.82. The number of halogens is 1. The Kier molecular flexibility index (Phi) is 3.19. The van der Waals surface area contributed by atoms with Crippen molar-refractivity contribution in [3.8, 4) is 0 Å². The van der Waals surface area contributed by atoms with Crippen molar-refractivity contribution in [2.75, 3.05) is 0 Å². The molecule has 0 aliphatic heterocycles. The lowest BCUT2D eigenvalue weighted by Crippen LogP contribution is -2.24. The van der Waals surface area contributed by atoms with Crippen LogP contribution in [0.25, 0.3) is 0 Å². The van der Waals surface area contributed by atoms with Crippen LogP contribution < -0.4 is 5.48 Å². The maximum atomic E-state index is 12.6. The van der Waals surface area contributed by atoms with E-state index in [9.17, 15) is 4.39 Å². The van der Waals surface area contributed by atoms with Gasteiger partial charge in [0, 0.05) is 6.04 Å². The molecule has 1 aromatic rings. The number of rotatable bonds is 3. The van der Waals surface area contributed by atoms with Gasteiger partial charge in [0.25, 0.3) is 0 Å². The highest BCUT2D eigenvalue weighted by Gasteiger charge is 2.01. The fourth-order valence-corrected chi connectivity index (χ4v) is 1.06. The van der Waals surface area contributed by atoms with E-state index in [0.717, 1.165) is 5.56 Å². The van der Waals surface area contributed by atoms with E-state index in [1.54, 1.807) is 6.07 Å². The third kappa shape index (κ3) is 2.60. The second-order valence-electron chi connectivity index (χ2n) is 2.86. The predicted octanol–water partition coefficient (Wildman–Crippen LogP) is 1.74. The van der Waals surface area contributed by atoms with Crippen LogP contribution >= 0.6 is 0 Å². The summed E-state index contributed by atoms with van der Waals surface area (Å²) in [5.74, 6) is -0.238. The highest BCUT2D eigenvalue weighted by Crippen LogP contribution is 2.05. The summed E-state index contributed by atoms with van der Waals surface area (Å²) in [7, 11) is 0. The first-order valence-electron chi connectivity index (χ1n) is 3.86. The molecule has 0 fully saturated rings. The number of benzene rings is 1. The van der Waals surface area contributed by atoms with Crippen LogP contribution in [0.4, 0.5) is 4.39 Å². The van der Waals surface area contributed by atoms with Crippen molar-refractivity contribution in [2.45, 2.75) is 19.4 Å². The number of hydroxylamine groups is 1. The molecule has 2 N–H and O–H groups in total. The van der Waals surface area contributed by atoms with Crippen molar-refractivity contribution in [3.05, 3.63) is 35.6 Å². The zero-order valence-electron chi connectivity index (χ0n) is 6.92. The van der Waals surface area contributed by atoms with Crippen LogP contribution in [0.1, 0.15) is 12.5 Å². The summed E-state index contributed by atoms with van der Waals surface area (Å²) in [4.78, 5) is 0. The summed E-state index contributed by atoms with van der Waals surface area (Å²) < 4.78 is 12.6. The van der Waals surface area contributed by atoms with Gasteiger partial charge in [0.05, 0.1) is 0 Å². The smallest absolute Gasteiger partial charge is 0.123 e. The van der Waals surface area contributed by atoms with Gasteiger partial charge >= 0.3 is 0 Å². The molecule has 66 valence electrons. The van der Waals surface area contributed by atoms with Crippen molar-refractivity contribution in [3.63, 3.8) is 0 Å². The monoisotopic (exact) mass is 169 g/mol. The van der Waals surface area contributed by atoms with Gasteiger partial charge in [-0.1, -0.05) is 12.1 Å². The van der Waals surface area contributed by atoms with Crippen molar-refractivity contribution in [2.24, 2.45) is 0 Å². The molecule has 0 saturated heterocycles. The van der Waals surface area contributed by atoms with Crippen LogP contribution in [0.2, 0.25) is 0 Å². The van der Waals surface area contributed by atoms with Crippen LogP contribution in [-0.2, 0) is 6.42 Å². The number of nitrogens with one attached hydrogen (secondary N) is 1. The van der Waals surface area contributed by atoms with Crippen LogP contribution in [0.15, 0.2) is 24.3 Å². The summed E-state index contributed by atoms with van der Waals surface area (Å²) in [5.41, 5.74) is 2.99. The Morgan fingerprint density at radius 1 is 1.58 bits per heavy atom. The zero-order chi connectivity index (χ0) is 8.97. The largest absolute Gasteiger partial charge is 0.317 e. The molecule has 0 radical (unpaired) electrons. The predicted molar refractivity (Wildman–Crippen MR) is 44.5 cm³/mol. The minimum Gasteiger partial charge on any atom is -0.317 e. The van der Waals surface area contributed by atoms with Gasteiger partial charge in [-0.05, 0) is 31.0 Å². The lowest BCUT2D eigenvalue weighted by atomic mass is 10.1. The lowest BCUT2D eigenvalue weighted by Gasteiger charge is -2.08. The van der Waals surface area contributed by atoms with E-state index in [-0.39, 0.29) is 11.9 Å². The van der Waals surface area contributed by atoms with Gasteiger partial charge in [-0.3, -0.25) is 0 Å². The molecule has 2 nitrogen and oxygen atoms in total. The molecule has 12 heavy (non-hydrogen) atoms. The Bertz CT molecular complexity index is 252. The van der Waals surface area contributed by atoms with E-state index in [4.69, 9.17) is 5.21 Å². The van der Waals surface area contributed by atoms with E-state index in [0.29, 0.717) is 6.42 Å². The second-order valence-corrected chi connectivity index (χ2v) is 2.86. The number of hydrogen-bond donors (Lipinski definition) is 2. The molecule has 0 heterocycles. The van der Waals surface area contributed by atoms with Gasteiger partial charge in [-0.2, -0.15) is 0 Å². The van der Waals surface area contributed by atoms with Crippen molar-refractivity contribution < 1.29 is 9.60 Å². The lowest BCUT2D eigenvalue weighted by molar-refractivity contribution is 0.133. The van der Waals surface area contributed by atoms with E-state index in [1.807, 2.05) is 13.0 Å². The average Bonchev–Trinajstić information content (AvgIpc) is 2.04. The quantitative estimate of drug-likeness (QED) is 0.675. The Labute approximate surface area is 71.0 Å². The van der Waals surface area contributed by atoms with Gasteiger partial charge < -0.3 is 5.21 Å². The fourth-order valence-electron chi connectivity index (χ4n) is 1.06. The minimum absolute atomic E-state index is 0.0493. The molecule has 1 atom stereocenters. The van der Waals surface area contributed by atoms with Crippen molar-refractivity contribution >= 4 is 0 Å². The van der Waals surface area contributed by atoms with E-state index in [2.05, 4.69) is 5.48 Å². The van der Waals surface area contributed by atoms with Crippen molar-refractivity contribution in [1.82, 2.24) is 5.48 Å². The first kappa shape index (κ1) is 9.16. The summed E-state index contributed by atoms with van der Waals surface area (Å²) >= 11 is 0. The third-order valence-electron chi connectivity index (χ3n) is 1.65. The summed E-state index contributed by atoms with van der Waals surface area (Å²) in [5, 5.41) is 8.52. The molecule has 0 spiro atoms. The molecule has 0 saturated carbocycles. The zero-order valence-corrected chi connectivity index (χ0v) is 6.92. The molecule has 0 amide bonds. The van der Waals surface area contributed by atoms with Gasteiger partial charge in [-0.15, -0.1) is 0 Å². The highest BCUT2D eigenvalue weighted by molar-refractivity contribution is 5.17. The molecule has 0 bridgehead atoms. The van der Waals surface area contributed by atoms with Gasteiger partial charge in [0.1, 0.15) is 5.82 Å². The standard InChI is InChI=1S/C9H12FNO/c1-7(11-12)5-8-3-2-4-9(10)6-8/h2-4,6-7,11-12H,5H2,1H3. The summed E-state index contributed by atoms with van der Waals surface area (Å²) in [6, 6.07) is 6.31. The average molecular weight is 169 g/mol. The first-order valence-corrected chi connectivity index (χ1v) is 3.86. The maximum Gasteiger partial charge on any atom is 0.123 e.